The summed E-state index contributed by atoms with van der Waals surface area (Å²) in [6.07, 6.45) is 5.10. The van der Waals surface area contributed by atoms with Gasteiger partial charge in [-0.05, 0) is 55.9 Å². The number of hydrogen-bond acceptors (Lipinski definition) is 3. The zero-order valence-electron chi connectivity index (χ0n) is 16.9. The van der Waals surface area contributed by atoms with Gasteiger partial charge in [-0.2, -0.15) is 0 Å². The van der Waals surface area contributed by atoms with E-state index in [0.29, 0.717) is 11.6 Å². The lowest BCUT2D eigenvalue weighted by Crippen LogP contribution is -2.35. The number of aromatic nitrogens is 2. The summed E-state index contributed by atoms with van der Waals surface area (Å²) in [7, 11) is 0. The molecule has 0 unspecified atom stereocenters. The molecule has 1 aliphatic rings. The fourth-order valence-corrected chi connectivity index (χ4v) is 4.01. The van der Waals surface area contributed by atoms with Crippen molar-refractivity contribution in [3.63, 3.8) is 0 Å². The summed E-state index contributed by atoms with van der Waals surface area (Å²) in [4.78, 5) is 27.2. The fraction of sp³-hybridized carbons (Fsp3) is 0.292. The number of para-hydroxylation sites is 2. The number of amides is 1. The molecule has 30 heavy (non-hydrogen) atoms. The first-order valence-electron chi connectivity index (χ1n) is 10.3. The van der Waals surface area contributed by atoms with Crippen LogP contribution in [0.4, 0.5) is 11.5 Å². The third-order valence-electron chi connectivity index (χ3n) is 5.76. The van der Waals surface area contributed by atoms with Crippen molar-refractivity contribution in [2.75, 3.05) is 4.90 Å². The normalized spacial score (nSPS) is 18.7. The van der Waals surface area contributed by atoms with Crippen LogP contribution >= 0.6 is 0 Å². The third-order valence-corrected chi connectivity index (χ3v) is 5.76. The molecule has 0 radical (unpaired) electrons. The summed E-state index contributed by atoms with van der Waals surface area (Å²) in [5.74, 6) is -0.565. The van der Waals surface area contributed by atoms with Crippen LogP contribution in [0, 0.1) is 11.8 Å². The first kappa shape index (κ1) is 19.9. The molecule has 1 fully saturated rings. The molecule has 1 amide bonds. The number of carbonyl (C=O) groups is 2. The first-order valence-corrected chi connectivity index (χ1v) is 10.3. The van der Waals surface area contributed by atoms with Crippen molar-refractivity contribution in [1.82, 2.24) is 9.78 Å². The summed E-state index contributed by atoms with van der Waals surface area (Å²) < 4.78 is 1.52. The Kier molecular flexibility index (Phi) is 5.65. The van der Waals surface area contributed by atoms with Gasteiger partial charge in [-0.3, -0.25) is 9.69 Å². The van der Waals surface area contributed by atoms with E-state index in [2.05, 4.69) is 12.0 Å². The Morgan fingerprint density at radius 1 is 0.967 bits per heavy atom. The maximum Gasteiger partial charge on any atom is 0.341 e. The molecular formula is C24H25N3O3. The lowest BCUT2D eigenvalue weighted by molar-refractivity contribution is -0.122. The number of carbonyl (C=O) groups excluding carboxylic acids is 1. The van der Waals surface area contributed by atoms with Crippen LogP contribution in [0.3, 0.4) is 0 Å². The molecule has 1 aromatic heterocycles. The van der Waals surface area contributed by atoms with Crippen molar-refractivity contribution in [2.24, 2.45) is 11.8 Å². The third kappa shape index (κ3) is 3.99. The lowest BCUT2D eigenvalue weighted by atomic mass is 9.82. The van der Waals surface area contributed by atoms with Gasteiger partial charge in [0.15, 0.2) is 5.82 Å². The van der Waals surface area contributed by atoms with E-state index in [-0.39, 0.29) is 23.2 Å². The van der Waals surface area contributed by atoms with Gasteiger partial charge < -0.3 is 5.11 Å². The highest BCUT2D eigenvalue weighted by atomic mass is 16.4. The molecule has 1 N–H and O–H groups in total. The van der Waals surface area contributed by atoms with Crippen LogP contribution in [0.1, 0.15) is 43.0 Å². The molecule has 6 heteroatoms. The molecule has 1 heterocycles. The van der Waals surface area contributed by atoms with Crippen molar-refractivity contribution >= 4 is 23.4 Å². The number of hydrogen-bond donors (Lipinski definition) is 1. The van der Waals surface area contributed by atoms with Gasteiger partial charge in [0, 0.05) is 12.1 Å². The molecule has 1 saturated carbocycles. The van der Waals surface area contributed by atoms with Crippen LogP contribution in [0.25, 0.3) is 5.69 Å². The number of benzene rings is 2. The van der Waals surface area contributed by atoms with Gasteiger partial charge in [0.2, 0.25) is 5.91 Å². The van der Waals surface area contributed by atoms with Crippen molar-refractivity contribution in [1.29, 1.82) is 0 Å². The largest absolute Gasteiger partial charge is 0.477 e. The molecule has 0 spiro atoms. The maximum absolute atomic E-state index is 13.6. The minimum absolute atomic E-state index is 0.000216. The Labute approximate surface area is 175 Å². The predicted molar refractivity (Wildman–Crippen MR) is 115 cm³/mol. The summed E-state index contributed by atoms with van der Waals surface area (Å²) in [5.41, 5.74) is 1.36. The van der Waals surface area contributed by atoms with Gasteiger partial charge in [0.1, 0.15) is 5.56 Å². The van der Waals surface area contributed by atoms with Crippen molar-refractivity contribution < 1.29 is 14.7 Å². The zero-order valence-corrected chi connectivity index (χ0v) is 16.9. The van der Waals surface area contributed by atoms with E-state index in [9.17, 15) is 14.7 Å². The number of rotatable bonds is 5. The first-order chi connectivity index (χ1) is 14.5. The van der Waals surface area contributed by atoms with Crippen LogP contribution in [-0.4, -0.2) is 26.8 Å². The van der Waals surface area contributed by atoms with E-state index >= 15 is 0 Å². The van der Waals surface area contributed by atoms with Crippen LogP contribution in [0.5, 0.6) is 0 Å². The predicted octanol–water partition coefficient (Wildman–Crippen LogP) is 5.06. The second kappa shape index (κ2) is 8.53. The SMILES string of the molecule is CC1CCC(C(=O)N(c2ccccc2)c2nn(-c3ccccc3)cc2C(=O)O)CC1. The highest BCUT2D eigenvalue weighted by Crippen LogP contribution is 2.35. The Hall–Kier alpha value is -3.41. The highest BCUT2D eigenvalue weighted by molar-refractivity contribution is 6.06. The van der Waals surface area contributed by atoms with Gasteiger partial charge >= 0.3 is 5.97 Å². The second-order valence-electron chi connectivity index (χ2n) is 7.92. The molecular weight excluding hydrogens is 378 g/mol. The Morgan fingerprint density at radius 3 is 2.17 bits per heavy atom. The minimum atomic E-state index is -1.11. The summed E-state index contributed by atoms with van der Waals surface area (Å²) in [6, 6.07) is 18.5. The summed E-state index contributed by atoms with van der Waals surface area (Å²) in [6.45, 7) is 2.21. The molecule has 1 aliphatic carbocycles. The molecule has 3 aromatic rings. The number of aromatic carboxylic acids is 1. The Balaban J connectivity index is 1.80. The standard InChI is InChI=1S/C24H25N3O3/c1-17-12-14-18(15-13-17)23(28)27(20-10-6-3-7-11-20)22-21(24(29)30)16-26(25-22)19-8-4-2-5-9-19/h2-11,16-18H,12-15H2,1H3,(H,29,30). The zero-order chi connectivity index (χ0) is 21.1. The molecule has 4 rings (SSSR count). The minimum Gasteiger partial charge on any atom is -0.477 e. The molecule has 154 valence electrons. The molecule has 0 atom stereocenters. The average molecular weight is 403 g/mol. The van der Waals surface area contributed by atoms with Gasteiger partial charge in [-0.15, -0.1) is 5.10 Å². The fourth-order valence-electron chi connectivity index (χ4n) is 4.01. The smallest absolute Gasteiger partial charge is 0.341 e. The Bertz CT molecular complexity index is 1020. The van der Waals surface area contributed by atoms with E-state index < -0.39 is 5.97 Å². The molecule has 0 bridgehead atoms. The number of carboxylic acid groups (broad SMARTS) is 1. The number of nitrogens with zero attached hydrogens (tertiary/aromatic N) is 3. The molecule has 2 aromatic carbocycles. The van der Waals surface area contributed by atoms with Gasteiger partial charge in [-0.25, -0.2) is 9.48 Å². The second-order valence-corrected chi connectivity index (χ2v) is 7.92. The van der Waals surface area contributed by atoms with Gasteiger partial charge in [0.25, 0.3) is 0 Å². The van der Waals surface area contributed by atoms with Crippen LogP contribution in [0.15, 0.2) is 66.9 Å². The summed E-state index contributed by atoms with van der Waals surface area (Å²) >= 11 is 0. The van der Waals surface area contributed by atoms with Crippen LogP contribution in [0.2, 0.25) is 0 Å². The van der Waals surface area contributed by atoms with Gasteiger partial charge in [-0.1, -0.05) is 43.3 Å². The topological polar surface area (TPSA) is 75.4 Å². The molecule has 6 nitrogen and oxygen atoms in total. The maximum atomic E-state index is 13.6. The van der Waals surface area contributed by atoms with Crippen LogP contribution < -0.4 is 4.90 Å². The van der Waals surface area contributed by atoms with Crippen LogP contribution in [-0.2, 0) is 4.79 Å². The lowest BCUT2D eigenvalue weighted by Gasteiger charge is -2.30. The van der Waals surface area contributed by atoms with E-state index in [0.717, 1.165) is 31.4 Å². The van der Waals surface area contributed by atoms with Gasteiger partial charge in [0.05, 0.1) is 11.4 Å². The molecule has 0 aliphatic heterocycles. The molecule has 0 saturated heterocycles. The van der Waals surface area contributed by atoms with Crippen molar-refractivity contribution in [2.45, 2.75) is 32.6 Å². The number of anilines is 2. The van der Waals surface area contributed by atoms with E-state index in [1.165, 1.54) is 15.8 Å². The van der Waals surface area contributed by atoms with E-state index in [4.69, 9.17) is 0 Å². The van der Waals surface area contributed by atoms with E-state index in [1.807, 2.05) is 60.7 Å². The van der Waals surface area contributed by atoms with Crippen molar-refractivity contribution in [3.05, 3.63) is 72.4 Å². The van der Waals surface area contributed by atoms with Crippen molar-refractivity contribution in [3.8, 4) is 5.69 Å². The monoisotopic (exact) mass is 403 g/mol. The quantitative estimate of drug-likeness (QED) is 0.646. The Morgan fingerprint density at radius 2 is 1.57 bits per heavy atom. The average Bonchev–Trinajstić information content (AvgIpc) is 3.21. The van der Waals surface area contributed by atoms with E-state index in [1.54, 1.807) is 0 Å². The summed E-state index contributed by atoms with van der Waals surface area (Å²) in [5, 5.41) is 14.4. The number of carboxylic acids is 1. The highest BCUT2D eigenvalue weighted by Gasteiger charge is 2.33.